The molecule has 20 heavy (non-hydrogen) atoms. The fourth-order valence-corrected chi connectivity index (χ4v) is 5.01. The number of carbonyl (C=O) groups excluding carboxylic acids is 2. The Labute approximate surface area is 119 Å². The zero-order valence-corrected chi connectivity index (χ0v) is 12.1. The SMILES string of the molecule is CCc1ccc2c(c1)C(=O)C1C3CC(C)C(C3)C1C2=O. The molecule has 0 amide bonds. The summed E-state index contributed by atoms with van der Waals surface area (Å²) >= 11 is 0. The monoisotopic (exact) mass is 268 g/mol. The summed E-state index contributed by atoms with van der Waals surface area (Å²) in [5.74, 6) is 1.97. The zero-order chi connectivity index (χ0) is 14.0. The number of carbonyl (C=O) groups is 2. The normalized spacial score (nSPS) is 38.0. The molecule has 0 radical (unpaired) electrons. The van der Waals surface area contributed by atoms with E-state index in [4.69, 9.17) is 0 Å². The van der Waals surface area contributed by atoms with Crippen LogP contribution in [0.15, 0.2) is 18.2 Å². The van der Waals surface area contributed by atoms with Crippen molar-refractivity contribution >= 4 is 11.6 Å². The molecule has 2 heteroatoms. The Morgan fingerprint density at radius 1 is 1.05 bits per heavy atom. The number of hydrogen-bond donors (Lipinski definition) is 0. The molecule has 1 aromatic rings. The highest BCUT2D eigenvalue weighted by molar-refractivity contribution is 6.16. The van der Waals surface area contributed by atoms with Gasteiger partial charge in [0.15, 0.2) is 11.6 Å². The maximum Gasteiger partial charge on any atom is 0.167 e. The Morgan fingerprint density at radius 3 is 2.55 bits per heavy atom. The van der Waals surface area contributed by atoms with Crippen LogP contribution in [-0.4, -0.2) is 11.6 Å². The topological polar surface area (TPSA) is 34.1 Å². The molecule has 0 heterocycles. The van der Waals surface area contributed by atoms with Gasteiger partial charge in [-0.05, 0) is 48.6 Å². The van der Waals surface area contributed by atoms with Gasteiger partial charge < -0.3 is 0 Å². The summed E-state index contributed by atoms with van der Waals surface area (Å²) in [6.45, 7) is 4.33. The first-order valence-electron chi connectivity index (χ1n) is 7.83. The fraction of sp³-hybridized carbons (Fsp3) is 0.556. The lowest BCUT2D eigenvalue weighted by atomic mass is 9.65. The maximum absolute atomic E-state index is 12.9. The largest absolute Gasteiger partial charge is 0.294 e. The zero-order valence-electron chi connectivity index (χ0n) is 12.1. The van der Waals surface area contributed by atoms with Gasteiger partial charge in [0, 0.05) is 23.0 Å². The van der Waals surface area contributed by atoms with Gasteiger partial charge in [0.2, 0.25) is 0 Å². The third-order valence-corrected chi connectivity index (χ3v) is 5.97. The van der Waals surface area contributed by atoms with Crippen molar-refractivity contribution < 1.29 is 9.59 Å². The van der Waals surface area contributed by atoms with Gasteiger partial charge in [0.1, 0.15) is 0 Å². The highest BCUT2D eigenvalue weighted by Crippen LogP contribution is 2.58. The summed E-state index contributed by atoms with van der Waals surface area (Å²) in [6, 6.07) is 5.85. The quantitative estimate of drug-likeness (QED) is 0.780. The van der Waals surface area contributed by atoms with Gasteiger partial charge in [-0.25, -0.2) is 0 Å². The molecule has 4 rings (SSSR count). The molecule has 1 aromatic carbocycles. The van der Waals surface area contributed by atoms with Gasteiger partial charge in [-0.2, -0.15) is 0 Å². The van der Waals surface area contributed by atoms with Gasteiger partial charge in [0.25, 0.3) is 0 Å². The molecule has 0 saturated heterocycles. The number of ketones is 2. The summed E-state index contributed by atoms with van der Waals surface area (Å²) in [5.41, 5.74) is 2.55. The van der Waals surface area contributed by atoms with Crippen LogP contribution in [0.25, 0.3) is 0 Å². The number of aryl methyl sites for hydroxylation is 1. The summed E-state index contributed by atoms with van der Waals surface area (Å²) in [5, 5.41) is 0. The minimum Gasteiger partial charge on any atom is -0.294 e. The Bertz CT molecular complexity index is 616. The second-order valence-electron chi connectivity index (χ2n) is 6.89. The molecule has 2 fully saturated rings. The van der Waals surface area contributed by atoms with Crippen molar-refractivity contribution in [2.45, 2.75) is 33.1 Å². The molecule has 5 unspecified atom stereocenters. The fourth-order valence-electron chi connectivity index (χ4n) is 5.01. The highest BCUT2D eigenvalue weighted by atomic mass is 16.1. The molecule has 3 aliphatic carbocycles. The van der Waals surface area contributed by atoms with Crippen molar-refractivity contribution in [3.05, 3.63) is 34.9 Å². The number of Topliss-reactive ketones (excluding diaryl/α,β-unsaturated/α-hetero) is 2. The van der Waals surface area contributed by atoms with Crippen molar-refractivity contribution in [1.29, 1.82) is 0 Å². The average Bonchev–Trinajstić information content (AvgIpc) is 3.01. The highest BCUT2D eigenvalue weighted by Gasteiger charge is 2.58. The lowest BCUT2D eigenvalue weighted by Crippen LogP contribution is -2.42. The van der Waals surface area contributed by atoms with E-state index >= 15 is 0 Å². The Balaban J connectivity index is 1.85. The predicted molar refractivity (Wildman–Crippen MR) is 76.8 cm³/mol. The van der Waals surface area contributed by atoms with E-state index in [9.17, 15) is 9.59 Å². The molecular weight excluding hydrogens is 248 g/mol. The van der Waals surface area contributed by atoms with Gasteiger partial charge in [0.05, 0.1) is 0 Å². The number of benzene rings is 1. The van der Waals surface area contributed by atoms with Gasteiger partial charge in [-0.1, -0.05) is 26.0 Å². The van der Waals surface area contributed by atoms with Crippen LogP contribution < -0.4 is 0 Å². The smallest absolute Gasteiger partial charge is 0.167 e. The Morgan fingerprint density at radius 2 is 1.80 bits per heavy atom. The second-order valence-corrected chi connectivity index (χ2v) is 6.89. The summed E-state index contributed by atoms with van der Waals surface area (Å²) < 4.78 is 0. The first-order valence-corrected chi connectivity index (χ1v) is 7.83. The van der Waals surface area contributed by atoms with Gasteiger partial charge >= 0.3 is 0 Å². The van der Waals surface area contributed by atoms with Crippen LogP contribution in [0.3, 0.4) is 0 Å². The van der Waals surface area contributed by atoms with Crippen LogP contribution in [0.5, 0.6) is 0 Å². The Kier molecular flexibility index (Phi) is 2.48. The van der Waals surface area contributed by atoms with E-state index in [0.717, 1.165) is 24.8 Å². The minimum atomic E-state index is -0.0174. The third-order valence-electron chi connectivity index (χ3n) is 5.97. The minimum absolute atomic E-state index is 0.0108. The van der Waals surface area contributed by atoms with Crippen molar-refractivity contribution in [1.82, 2.24) is 0 Å². The molecule has 0 aromatic heterocycles. The van der Waals surface area contributed by atoms with Gasteiger partial charge in [-0.15, -0.1) is 0 Å². The molecule has 0 aliphatic heterocycles. The molecular formula is C18H20O2. The lowest BCUT2D eigenvalue weighted by Gasteiger charge is -2.36. The molecule has 2 nitrogen and oxygen atoms in total. The first kappa shape index (κ1) is 12.3. The van der Waals surface area contributed by atoms with Crippen LogP contribution in [0.1, 0.15) is 53.0 Å². The molecule has 2 bridgehead atoms. The standard InChI is InChI=1S/C18H20O2/c1-3-10-4-5-12-14(7-10)18(20)15-11-6-9(2)13(8-11)16(15)17(12)19/h4-5,7,9,11,13,15-16H,3,6,8H2,1-2H3. The van der Waals surface area contributed by atoms with E-state index in [1.807, 2.05) is 18.2 Å². The van der Waals surface area contributed by atoms with Crippen LogP contribution in [-0.2, 0) is 6.42 Å². The second kappa shape index (κ2) is 4.03. The first-order chi connectivity index (χ1) is 9.61. The van der Waals surface area contributed by atoms with E-state index in [1.165, 1.54) is 0 Å². The number of rotatable bonds is 1. The van der Waals surface area contributed by atoms with E-state index in [1.54, 1.807) is 0 Å². The van der Waals surface area contributed by atoms with Crippen molar-refractivity contribution in [3.63, 3.8) is 0 Å². The predicted octanol–water partition coefficient (Wildman–Crippen LogP) is 3.54. The van der Waals surface area contributed by atoms with Gasteiger partial charge in [-0.3, -0.25) is 9.59 Å². The average molecular weight is 268 g/mol. The molecule has 5 atom stereocenters. The van der Waals surface area contributed by atoms with Crippen LogP contribution in [0.4, 0.5) is 0 Å². The number of fused-ring (bicyclic) bond motifs is 6. The molecule has 3 aliphatic rings. The summed E-state index contributed by atoms with van der Waals surface area (Å²) in [6.07, 6.45) is 3.13. The van der Waals surface area contributed by atoms with E-state index < -0.39 is 0 Å². The van der Waals surface area contributed by atoms with E-state index in [-0.39, 0.29) is 23.4 Å². The van der Waals surface area contributed by atoms with Crippen LogP contribution >= 0.6 is 0 Å². The van der Waals surface area contributed by atoms with Crippen LogP contribution in [0, 0.1) is 29.6 Å². The lowest BCUT2D eigenvalue weighted by molar-refractivity contribution is 0.0615. The third kappa shape index (κ3) is 1.40. The van der Waals surface area contributed by atoms with E-state index in [2.05, 4.69) is 13.8 Å². The van der Waals surface area contributed by atoms with Crippen molar-refractivity contribution in [2.75, 3.05) is 0 Å². The van der Waals surface area contributed by atoms with Crippen LogP contribution in [0.2, 0.25) is 0 Å². The molecule has 104 valence electrons. The van der Waals surface area contributed by atoms with E-state index in [0.29, 0.717) is 28.9 Å². The number of hydrogen-bond acceptors (Lipinski definition) is 2. The molecule has 0 spiro atoms. The van der Waals surface area contributed by atoms with Crippen molar-refractivity contribution in [2.24, 2.45) is 29.6 Å². The Hall–Kier alpha value is -1.44. The molecule has 2 saturated carbocycles. The van der Waals surface area contributed by atoms with Crippen molar-refractivity contribution in [3.8, 4) is 0 Å². The maximum atomic E-state index is 12.9. The molecule has 0 N–H and O–H groups in total. The summed E-state index contributed by atoms with van der Waals surface area (Å²) in [7, 11) is 0. The summed E-state index contributed by atoms with van der Waals surface area (Å²) in [4.78, 5) is 25.7.